The number of hydrogen-bond acceptors (Lipinski definition) is 2. The van der Waals surface area contributed by atoms with Gasteiger partial charge in [-0.05, 0) is 30.9 Å². The lowest BCUT2D eigenvalue weighted by atomic mass is 10.2. The first-order valence-corrected chi connectivity index (χ1v) is 6.31. The van der Waals surface area contributed by atoms with Crippen LogP contribution in [-0.4, -0.2) is 29.1 Å². The van der Waals surface area contributed by atoms with Gasteiger partial charge >= 0.3 is 5.97 Å². The van der Waals surface area contributed by atoms with E-state index in [1.807, 2.05) is 0 Å². The molecule has 1 aromatic carbocycles. The van der Waals surface area contributed by atoms with Crippen LogP contribution in [0.3, 0.4) is 0 Å². The number of rotatable bonds is 6. The Bertz CT molecular complexity index is 428. The van der Waals surface area contributed by atoms with Crippen LogP contribution in [0, 0.1) is 11.7 Å². The van der Waals surface area contributed by atoms with Gasteiger partial charge < -0.3 is 5.11 Å². The zero-order chi connectivity index (χ0) is 13.1. The minimum atomic E-state index is -0.900. The van der Waals surface area contributed by atoms with E-state index in [1.165, 1.54) is 6.07 Å². The third-order valence-electron chi connectivity index (χ3n) is 3.02. The predicted molar refractivity (Wildman–Crippen MR) is 67.0 cm³/mol. The Morgan fingerprint density at radius 3 is 2.78 bits per heavy atom. The van der Waals surface area contributed by atoms with Gasteiger partial charge in [0.1, 0.15) is 5.82 Å². The Kier molecular flexibility index (Phi) is 4.19. The summed E-state index contributed by atoms with van der Waals surface area (Å²) in [5, 5.41) is 9.21. The Labute approximate surface area is 110 Å². The summed E-state index contributed by atoms with van der Waals surface area (Å²) in [6, 6.07) is 4.51. The first kappa shape index (κ1) is 13.3. The molecule has 1 fully saturated rings. The number of benzene rings is 1. The van der Waals surface area contributed by atoms with Gasteiger partial charge in [-0.3, -0.25) is 9.69 Å². The van der Waals surface area contributed by atoms with Crippen LogP contribution in [0.2, 0.25) is 5.02 Å². The molecule has 0 atom stereocenters. The molecule has 0 spiro atoms. The fourth-order valence-electron chi connectivity index (χ4n) is 1.95. The number of carbonyl (C=O) groups is 1. The molecule has 1 N–H and O–H groups in total. The molecule has 1 saturated carbocycles. The lowest BCUT2D eigenvalue weighted by Crippen LogP contribution is -2.31. The highest BCUT2D eigenvalue weighted by Gasteiger charge is 2.26. The SMILES string of the molecule is O=C(O)CN(Cc1c(F)cccc1Cl)CC1CC1. The second-order valence-electron chi connectivity index (χ2n) is 4.71. The first-order valence-electron chi connectivity index (χ1n) is 5.93. The molecule has 0 radical (unpaired) electrons. The van der Waals surface area contributed by atoms with E-state index in [1.54, 1.807) is 17.0 Å². The number of halogens is 2. The molecular weight excluding hydrogens is 257 g/mol. The van der Waals surface area contributed by atoms with Gasteiger partial charge in [-0.1, -0.05) is 17.7 Å². The van der Waals surface area contributed by atoms with Gasteiger partial charge in [0, 0.05) is 23.7 Å². The van der Waals surface area contributed by atoms with Crippen molar-refractivity contribution in [2.45, 2.75) is 19.4 Å². The smallest absolute Gasteiger partial charge is 0.317 e. The van der Waals surface area contributed by atoms with Crippen molar-refractivity contribution in [3.8, 4) is 0 Å². The largest absolute Gasteiger partial charge is 0.480 e. The average Bonchev–Trinajstić information content (AvgIpc) is 3.06. The van der Waals surface area contributed by atoms with Crippen molar-refractivity contribution in [1.29, 1.82) is 0 Å². The van der Waals surface area contributed by atoms with Gasteiger partial charge in [-0.2, -0.15) is 0 Å². The molecule has 0 unspecified atom stereocenters. The topological polar surface area (TPSA) is 40.5 Å². The van der Waals surface area contributed by atoms with Crippen molar-refractivity contribution in [3.63, 3.8) is 0 Å². The van der Waals surface area contributed by atoms with Crippen LogP contribution >= 0.6 is 11.6 Å². The number of aliphatic carboxylic acids is 1. The van der Waals surface area contributed by atoms with E-state index in [0.717, 1.165) is 12.8 Å². The second-order valence-corrected chi connectivity index (χ2v) is 5.11. The molecule has 3 nitrogen and oxygen atoms in total. The molecule has 0 aromatic heterocycles. The lowest BCUT2D eigenvalue weighted by Gasteiger charge is -2.21. The summed E-state index contributed by atoms with van der Waals surface area (Å²) in [4.78, 5) is 12.5. The summed E-state index contributed by atoms with van der Waals surface area (Å²) in [5.74, 6) is -0.730. The van der Waals surface area contributed by atoms with Crippen LogP contribution in [-0.2, 0) is 11.3 Å². The molecule has 0 bridgehead atoms. The van der Waals surface area contributed by atoms with Gasteiger partial charge in [-0.15, -0.1) is 0 Å². The van der Waals surface area contributed by atoms with Crippen LogP contribution in [0.25, 0.3) is 0 Å². The summed E-state index contributed by atoms with van der Waals surface area (Å²) in [6.45, 7) is 0.854. The summed E-state index contributed by atoms with van der Waals surface area (Å²) in [7, 11) is 0. The van der Waals surface area contributed by atoms with Crippen LogP contribution < -0.4 is 0 Å². The molecule has 18 heavy (non-hydrogen) atoms. The maximum atomic E-state index is 13.6. The fourth-order valence-corrected chi connectivity index (χ4v) is 2.17. The first-order chi connectivity index (χ1) is 8.56. The van der Waals surface area contributed by atoms with Crippen molar-refractivity contribution < 1.29 is 14.3 Å². The molecule has 1 aliphatic carbocycles. The molecule has 0 amide bonds. The zero-order valence-corrected chi connectivity index (χ0v) is 10.7. The fraction of sp³-hybridized carbons (Fsp3) is 0.462. The Balaban J connectivity index is 2.08. The van der Waals surface area contributed by atoms with Crippen LogP contribution in [0.1, 0.15) is 18.4 Å². The van der Waals surface area contributed by atoms with Crippen molar-refractivity contribution >= 4 is 17.6 Å². The lowest BCUT2D eigenvalue weighted by molar-refractivity contribution is -0.138. The van der Waals surface area contributed by atoms with E-state index in [0.29, 0.717) is 23.0 Å². The third kappa shape index (κ3) is 3.68. The molecule has 2 rings (SSSR count). The molecule has 0 aliphatic heterocycles. The Morgan fingerprint density at radius 1 is 1.50 bits per heavy atom. The second kappa shape index (κ2) is 5.67. The van der Waals surface area contributed by atoms with Crippen molar-refractivity contribution in [3.05, 3.63) is 34.6 Å². The molecule has 1 aromatic rings. The van der Waals surface area contributed by atoms with Gasteiger partial charge in [0.05, 0.1) is 6.54 Å². The van der Waals surface area contributed by atoms with E-state index >= 15 is 0 Å². The summed E-state index contributed by atoms with van der Waals surface area (Å²) < 4.78 is 13.6. The van der Waals surface area contributed by atoms with Crippen LogP contribution in [0.15, 0.2) is 18.2 Å². The predicted octanol–water partition coefficient (Wildman–Crippen LogP) is 2.78. The highest BCUT2D eigenvalue weighted by molar-refractivity contribution is 6.31. The van der Waals surface area contributed by atoms with E-state index in [4.69, 9.17) is 16.7 Å². The minimum Gasteiger partial charge on any atom is -0.480 e. The molecule has 0 heterocycles. The maximum Gasteiger partial charge on any atom is 0.317 e. The van der Waals surface area contributed by atoms with Crippen LogP contribution in [0.4, 0.5) is 4.39 Å². The van der Waals surface area contributed by atoms with Crippen LogP contribution in [0.5, 0.6) is 0 Å². The van der Waals surface area contributed by atoms with Gasteiger partial charge in [0.2, 0.25) is 0 Å². The maximum absolute atomic E-state index is 13.6. The number of carboxylic acids is 1. The minimum absolute atomic E-state index is 0.0822. The number of hydrogen-bond donors (Lipinski definition) is 1. The van der Waals surface area contributed by atoms with Crippen molar-refractivity contribution in [2.24, 2.45) is 5.92 Å². The number of nitrogens with zero attached hydrogens (tertiary/aromatic N) is 1. The average molecular weight is 272 g/mol. The molecule has 98 valence electrons. The van der Waals surface area contributed by atoms with Crippen molar-refractivity contribution in [2.75, 3.05) is 13.1 Å². The van der Waals surface area contributed by atoms with E-state index in [-0.39, 0.29) is 18.9 Å². The Hall–Kier alpha value is -1.13. The van der Waals surface area contributed by atoms with Crippen molar-refractivity contribution in [1.82, 2.24) is 4.90 Å². The third-order valence-corrected chi connectivity index (χ3v) is 3.37. The molecular formula is C13H15ClFNO2. The van der Waals surface area contributed by atoms with Gasteiger partial charge in [0.25, 0.3) is 0 Å². The van der Waals surface area contributed by atoms with E-state index in [2.05, 4.69) is 0 Å². The highest BCUT2D eigenvalue weighted by Crippen LogP contribution is 2.30. The standard InChI is InChI=1S/C13H15ClFNO2/c14-11-2-1-3-12(15)10(11)7-16(8-13(17)18)6-9-4-5-9/h1-3,9H,4-8H2,(H,17,18). The zero-order valence-electron chi connectivity index (χ0n) is 9.90. The number of carboxylic acid groups (broad SMARTS) is 1. The monoisotopic (exact) mass is 271 g/mol. The van der Waals surface area contributed by atoms with E-state index < -0.39 is 5.97 Å². The molecule has 0 saturated heterocycles. The molecule has 1 aliphatic rings. The quantitative estimate of drug-likeness (QED) is 0.865. The normalized spacial score (nSPS) is 15.1. The highest BCUT2D eigenvalue weighted by atomic mass is 35.5. The van der Waals surface area contributed by atoms with E-state index in [9.17, 15) is 9.18 Å². The Morgan fingerprint density at radius 2 is 2.22 bits per heavy atom. The summed E-state index contributed by atoms with van der Waals surface area (Å²) in [6.07, 6.45) is 2.25. The van der Waals surface area contributed by atoms with Gasteiger partial charge in [0.15, 0.2) is 0 Å². The summed E-state index contributed by atoms with van der Waals surface area (Å²) >= 11 is 5.95. The van der Waals surface area contributed by atoms with Gasteiger partial charge in [-0.25, -0.2) is 4.39 Å². The molecule has 5 heteroatoms. The summed E-state index contributed by atoms with van der Waals surface area (Å²) in [5.41, 5.74) is 0.376.